The molecule has 1 N–H and O–H groups in total. The molecular formula is C22H17ClN2O2. The van der Waals surface area contributed by atoms with Crippen molar-refractivity contribution in [3.63, 3.8) is 0 Å². The quantitative estimate of drug-likeness (QED) is 0.524. The minimum absolute atomic E-state index is 0.0178. The van der Waals surface area contributed by atoms with E-state index >= 15 is 0 Å². The molecular weight excluding hydrogens is 360 g/mol. The van der Waals surface area contributed by atoms with Crippen LogP contribution in [0.3, 0.4) is 0 Å². The first-order valence-corrected chi connectivity index (χ1v) is 8.98. The Kier molecular flexibility index (Phi) is 4.42. The van der Waals surface area contributed by atoms with Gasteiger partial charge in [-0.1, -0.05) is 41.4 Å². The summed E-state index contributed by atoms with van der Waals surface area (Å²) in [6.45, 7) is 2.04. The second kappa shape index (κ2) is 6.89. The third kappa shape index (κ3) is 3.32. The van der Waals surface area contributed by atoms with Crippen LogP contribution in [0.2, 0.25) is 5.02 Å². The van der Waals surface area contributed by atoms with Crippen molar-refractivity contribution in [2.75, 3.05) is 5.32 Å². The van der Waals surface area contributed by atoms with Gasteiger partial charge in [0, 0.05) is 21.5 Å². The Hall–Kier alpha value is -3.11. The third-order valence-electron chi connectivity index (χ3n) is 4.54. The van der Waals surface area contributed by atoms with Crippen molar-refractivity contribution < 1.29 is 4.79 Å². The molecule has 4 nitrogen and oxygen atoms in total. The van der Waals surface area contributed by atoms with Crippen molar-refractivity contribution in [1.82, 2.24) is 4.57 Å². The summed E-state index contributed by atoms with van der Waals surface area (Å²) in [5.41, 5.74) is 3.10. The summed E-state index contributed by atoms with van der Waals surface area (Å²) in [6.07, 6.45) is 0. The number of pyridine rings is 1. The number of anilines is 1. The zero-order chi connectivity index (χ0) is 19.0. The van der Waals surface area contributed by atoms with Crippen LogP contribution in [0.25, 0.3) is 21.8 Å². The molecule has 0 aliphatic heterocycles. The maximum absolute atomic E-state index is 12.9. The van der Waals surface area contributed by atoms with Crippen molar-refractivity contribution in [2.45, 2.75) is 13.5 Å². The largest absolute Gasteiger partial charge is 0.331 e. The molecule has 0 saturated heterocycles. The Labute approximate surface area is 161 Å². The van der Waals surface area contributed by atoms with Gasteiger partial charge in [-0.2, -0.15) is 0 Å². The molecule has 0 bridgehead atoms. The molecule has 0 saturated carbocycles. The summed E-state index contributed by atoms with van der Waals surface area (Å²) in [5.74, 6) is -0.187. The van der Waals surface area contributed by atoms with E-state index in [2.05, 4.69) is 5.32 Å². The molecule has 0 aliphatic carbocycles. The van der Waals surface area contributed by atoms with Gasteiger partial charge in [0.15, 0.2) is 5.43 Å². The monoisotopic (exact) mass is 376 g/mol. The van der Waals surface area contributed by atoms with Crippen LogP contribution in [0.5, 0.6) is 0 Å². The van der Waals surface area contributed by atoms with Gasteiger partial charge in [0.05, 0.1) is 11.0 Å². The number of amides is 1. The number of para-hydroxylation sites is 1. The van der Waals surface area contributed by atoms with Gasteiger partial charge in [-0.15, -0.1) is 0 Å². The number of halogens is 1. The molecule has 1 aromatic heterocycles. The molecule has 0 atom stereocenters. The highest BCUT2D eigenvalue weighted by atomic mass is 35.5. The van der Waals surface area contributed by atoms with Gasteiger partial charge in [0.1, 0.15) is 6.54 Å². The van der Waals surface area contributed by atoms with Crippen molar-refractivity contribution in [1.29, 1.82) is 0 Å². The summed E-state index contributed by atoms with van der Waals surface area (Å²) in [6, 6.07) is 20.1. The molecule has 0 radical (unpaired) electrons. The van der Waals surface area contributed by atoms with Crippen LogP contribution < -0.4 is 10.7 Å². The fourth-order valence-electron chi connectivity index (χ4n) is 3.32. The molecule has 0 aliphatic rings. The standard InChI is InChI=1S/C22H17ClN2O2/c1-14-9-10-20-18(11-14)22(27)17-7-2-3-8-19(17)25(20)13-21(26)24-16-6-4-5-15(23)12-16/h2-12H,13H2,1H3,(H,24,26). The average molecular weight is 377 g/mol. The number of hydrogen-bond donors (Lipinski definition) is 1. The molecule has 134 valence electrons. The third-order valence-corrected chi connectivity index (χ3v) is 4.77. The Balaban J connectivity index is 1.83. The summed E-state index contributed by atoms with van der Waals surface area (Å²) in [5, 5.41) is 4.64. The number of hydrogen-bond acceptors (Lipinski definition) is 2. The topological polar surface area (TPSA) is 51.1 Å². The molecule has 0 spiro atoms. The van der Waals surface area contributed by atoms with E-state index in [1.165, 1.54) is 0 Å². The summed E-state index contributed by atoms with van der Waals surface area (Å²) >= 11 is 5.99. The molecule has 0 fully saturated rings. The van der Waals surface area contributed by atoms with Crippen LogP contribution in [0.1, 0.15) is 5.56 Å². The molecule has 5 heteroatoms. The number of benzene rings is 3. The van der Waals surface area contributed by atoms with E-state index in [0.29, 0.717) is 21.5 Å². The lowest BCUT2D eigenvalue weighted by atomic mass is 10.1. The lowest BCUT2D eigenvalue weighted by Gasteiger charge is -2.15. The Morgan fingerprint density at radius 2 is 1.74 bits per heavy atom. The first-order valence-electron chi connectivity index (χ1n) is 8.60. The first-order chi connectivity index (χ1) is 13.0. The van der Waals surface area contributed by atoms with Gasteiger partial charge in [-0.05, 0) is 49.4 Å². The highest BCUT2D eigenvalue weighted by molar-refractivity contribution is 6.30. The smallest absolute Gasteiger partial charge is 0.244 e. The number of aryl methyl sites for hydroxylation is 1. The Morgan fingerprint density at radius 3 is 2.56 bits per heavy atom. The van der Waals surface area contributed by atoms with Crippen LogP contribution in [-0.4, -0.2) is 10.5 Å². The predicted molar refractivity (Wildman–Crippen MR) is 111 cm³/mol. The van der Waals surface area contributed by atoms with Gasteiger partial charge in [-0.3, -0.25) is 9.59 Å². The van der Waals surface area contributed by atoms with Gasteiger partial charge in [0.25, 0.3) is 0 Å². The second-order valence-corrected chi connectivity index (χ2v) is 6.95. The van der Waals surface area contributed by atoms with Crippen LogP contribution >= 0.6 is 11.6 Å². The summed E-state index contributed by atoms with van der Waals surface area (Å²) < 4.78 is 1.88. The number of nitrogens with one attached hydrogen (secondary N) is 1. The number of fused-ring (bicyclic) bond motifs is 2. The van der Waals surface area contributed by atoms with E-state index in [1.807, 2.05) is 47.9 Å². The molecule has 1 amide bonds. The zero-order valence-electron chi connectivity index (χ0n) is 14.7. The second-order valence-electron chi connectivity index (χ2n) is 6.51. The van der Waals surface area contributed by atoms with Gasteiger partial charge >= 0.3 is 0 Å². The lowest BCUT2D eigenvalue weighted by Crippen LogP contribution is -2.21. The minimum Gasteiger partial charge on any atom is -0.331 e. The minimum atomic E-state index is -0.187. The molecule has 4 rings (SSSR count). The van der Waals surface area contributed by atoms with Crippen LogP contribution in [0, 0.1) is 6.92 Å². The van der Waals surface area contributed by atoms with Gasteiger partial charge in [-0.25, -0.2) is 0 Å². The number of rotatable bonds is 3. The van der Waals surface area contributed by atoms with E-state index < -0.39 is 0 Å². The summed E-state index contributed by atoms with van der Waals surface area (Å²) in [7, 11) is 0. The number of carbonyl (C=O) groups is 1. The highest BCUT2D eigenvalue weighted by Gasteiger charge is 2.13. The van der Waals surface area contributed by atoms with E-state index in [1.54, 1.807) is 30.3 Å². The van der Waals surface area contributed by atoms with Gasteiger partial charge < -0.3 is 9.88 Å². The number of carbonyl (C=O) groups excluding carboxylic acids is 1. The highest BCUT2D eigenvalue weighted by Crippen LogP contribution is 2.21. The SMILES string of the molecule is Cc1ccc2c(c1)c(=O)c1ccccc1n2CC(=O)Nc1cccc(Cl)c1. The van der Waals surface area contributed by atoms with Crippen molar-refractivity contribution >= 4 is 45.0 Å². The normalized spacial score (nSPS) is 11.0. The Bertz CT molecular complexity index is 1240. The summed E-state index contributed by atoms with van der Waals surface area (Å²) in [4.78, 5) is 25.6. The maximum atomic E-state index is 12.9. The Morgan fingerprint density at radius 1 is 0.963 bits per heavy atom. The van der Waals surface area contributed by atoms with Crippen molar-refractivity contribution in [3.05, 3.63) is 87.5 Å². The molecule has 0 unspecified atom stereocenters. The fourth-order valence-corrected chi connectivity index (χ4v) is 3.51. The van der Waals surface area contributed by atoms with Crippen molar-refractivity contribution in [3.8, 4) is 0 Å². The predicted octanol–water partition coefficient (Wildman–Crippen LogP) is 4.76. The van der Waals surface area contributed by atoms with E-state index in [9.17, 15) is 9.59 Å². The fraction of sp³-hybridized carbons (Fsp3) is 0.0909. The number of nitrogens with zero attached hydrogens (tertiary/aromatic N) is 1. The number of aromatic nitrogens is 1. The zero-order valence-corrected chi connectivity index (χ0v) is 15.5. The average Bonchev–Trinajstić information content (AvgIpc) is 2.65. The van der Waals surface area contributed by atoms with E-state index in [0.717, 1.165) is 16.6 Å². The lowest BCUT2D eigenvalue weighted by molar-refractivity contribution is -0.116. The maximum Gasteiger partial charge on any atom is 0.244 e. The molecule has 3 aromatic carbocycles. The van der Waals surface area contributed by atoms with Gasteiger partial charge in [0.2, 0.25) is 5.91 Å². The van der Waals surface area contributed by atoms with E-state index in [-0.39, 0.29) is 17.9 Å². The van der Waals surface area contributed by atoms with E-state index in [4.69, 9.17) is 11.6 Å². The molecule has 1 heterocycles. The molecule has 4 aromatic rings. The van der Waals surface area contributed by atoms with Crippen molar-refractivity contribution in [2.24, 2.45) is 0 Å². The molecule has 27 heavy (non-hydrogen) atoms. The van der Waals surface area contributed by atoms with Crippen LogP contribution in [0.15, 0.2) is 71.5 Å². The van der Waals surface area contributed by atoms with Crippen LogP contribution in [-0.2, 0) is 11.3 Å². The van der Waals surface area contributed by atoms with Crippen LogP contribution in [0.4, 0.5) is 5.69 Å². The first kappa shape index (κ1) is 17.3.